The zero-order chi connectivity index (χ0) is 30.6. The van der Waals surface area contributed by atoms with Crippen LogP contribution in [0, 0.1) is 0 Å². The minimum atomic E-state index is -1.04. The van der Waals surface area contributed by atoms with Crippen LogP contribution < -0.4 is 15.4 Å². The number of benzene rings is 3. The molecule has 1 unspecified atom stereocenters. The summed E-state index contributed by atoms with van der Waals surface area (Å²) in [4.78, 5) is 51.7. The fourth-order valence-corrected chi connectivity index (χ4v) is 4.89. The fraction of sp³-hybridized carbons (Fsp3) is 0.290. The maximum Gasteiger partial charge on any atom is 0.412 e. The van der Waals surface area contributed by atoms with Gasteiger partial charge in [0.2, 0.25) is 0 Å². The molecule has 1 aliphatic rings. The van der Waals surface area contributed by atoms with Crippen molar-refractivity contribution in [2.24, 2.45) is 0 Å². The number of ether oxygens (including phenoxy) is 2. The Bertz CT molecular complexity index is 1530. The predicted molar refractivity (Wildman–Crippen MR) is 161 cm³/mol. The van der Waals surface area contributed by atoms with Crippen LogP contribution in [0.1, 0.15) is 58.3 Å². The van der Waals surface area contributed by atoms with Crippen LogP contribution in [0.25, 0.3) is 11.1 Å². The van der Waals surface area contributed by atoms with Crippen molar-refractivity contribution >= 4 is 45.5 Å². The Morgan fingerprint density at radius 1 is 0.976 bits per heavy atom. The zero-order valence-electron chi connectivity index (χ0n) is 23.7. The van der Waals surface area contributed by atoms with Gasteiger partial charge in [-0.25, -0.2) is 9.59 Å². The molecule has 0 spiro atoms. The summed E-state index contributed by atoms with van der Waals surface area (Å²) in [7, 11) is 1.52. The van der Waals surface area contributed by atoms with E-state index < -0.39 is 23.8 Å². The number of halogens is 1. The first-order valence-electron chi connectivity index (χ1n) is 13.3. The molecule has 220 valence electrons. The molecular weight excluding hydrogens is 606 g/mol. The van der Waals surface area contributed by atoms with Gasteiger partial charge in [-0.15, -0.1) is 0 Å². The third-order valence-corrected chi connectivity index (χ3v) is 6.96. The van der Waals surface area contributed by atoms with E-state index in [0.717, 1.165) is 0 Å². The summed E-state index contributed by atoms with van der Waals surface area (Å²) >= 11 is 3.40. The van der Waals surface area contributed by atoms with E-state index in [4.69, 9.17) is 9.47 Å². The minimum Gasteiger partial charge on any atom is -0.488 e. The van der Waals surface area contributed by atoms with E-state index in [1.165, 1.54) is 13.1 Å². The zero-order valence-corrected chi connectivity index (χ0v) is 25.3. The van der Waals surface area contributed by atoms with E-state index in [9.17, 15) is 24.3 Å². The van der Waals surface area contributed by atoms with Gasteiger partial charge in [-0.2, -0.15) is 0 Å². The Kier molecular flexibility index (Phi) is 9.20. The second kappa shape index (κ2) is 12.6. The lowest BCUT2D eigenvalue weighted by molar-refractivity contribution is 0.0633. The quantitative estimate of drug-likeness (QED) is 0.297. The summed E-state index contributed by atoms with van der Waals surface area (Å²) in [6.45, 7) is 5.91. The molecule has 4 rings (SSSR count). The van der Waals surface area contributed by atoms with Crippen molar-refractivity contribution in [3.63, 3.8) is 0 Å². The number of carboxylic acids is 1. The van der Waals surface area contributed by atoms with Crippen molar-refractivity contribution in [3.8, 4) is 16.9 Å². The minimum absolute atomic E-state index is 0.142. The van der Waals surface area contributed by atoms with E-state index in [1.54, 1.807) is 80.3 Å². The smallest absolute Gasteiger partial charge is 0.412 e. The lowest BCUT2D eigenvalue weighted by Gasteiger charge is -2.22. The molecule has 1 atom stereocenters. The van der Waals surface area contributed by atoms with Gasteiger partial charge in [-0.05, 0) is 74.4 Å². The summed E-state index contributed by atoms with van der Waals surface area (Å²) in [6.07, 6.45) is -0.565. The van der Waals surface area contributed by atoms with Crippen molar-refractivity contribution in [2.45, 2.75) is 38.9 Å². The highest BCUT2D eigenvalue weighted by atomic mass is 79.9. The third kappa shape index (κ3) is 7.47. The average molecular weight is 639 g/mol. The van der Waals surface area contributed by atoms with Gasteiger partial charge >= 0.3 is 12.1 Å². The lowest BCUT2D eigenvalue weighted by Crippen LogP contribution is -2.32. The van der Waals surface area contributed by atoms with Gasteiger partial charge in [-0.3, -0.25) is 14.9 Å². The Morgan fingerprint density at radius 3 is 2.40 bits per heavy atom. The monoisotopic (exact) mass is 637 g/mol. The number of carboxylic acid groups (broad SMARTS) is 1. The number of carbonyl (C=O) groups excluding carboxylic acids is 3. The number of nitrogens with zero attached hydrogens (tertiary/aromatic N) is 1. The van der Waals surface area contributed by atoms with Gasteiger partial charge in [0, 0.05) is 24.5 Å². The predicted octanol–water partition coefficient (Wildman–Crippen LogP) is 5.81. The molecule has 1 fully saturated rings. The first-order chi connectivity index (χ1) is 19.8. The summed E-state index contributed by atoms with van der Waals surface area (Å²) in [5, 5.41) is 14.7. The standard InChI is InChI=1S/C31H32BrN3O7/c1-31(2,3)42-30(40)34-25-11-9-21(32)16-24(25)28(37)35-13-12-22(17-35)41-26-15-19(8-10-23(26)27(36)33-4)18-6-5-7-20(14-18)29(38)39/h5-11,14-16,22H,12-13,17H2,1-4H3,(H,33,36)(H,34,40)(H,38,39). The second-order valence-electron chi connectivity index (χ2n) is 10.8. The first kappa shape index (κ1) is 30.6. The van der Waals surface area contributed by atoms with Gasteiger partial charge in [0.1, 0.15) is 17.5 Å². The van der Waals surface area contributed by atoms with Crippen LogP contribution in [0.5, 0.6) is 5.75 Å². The Balaban J connectivity index is 1.55. The number of nitrogens with one attached hydrogen (secondary N) is 2. The molecule has 0 saturated carbocycles. The Labute approximate surface area is 252 Å². The van der Waals surface area contributed by atoms with Crippen molar-refractivity contribution in [2.75, 3.05) is 25.5 Å². The van der Waals surface area contributed by atoms with Gasteiger partial charge in [0.25, 0.3) is 11.8 Å². The number of amides is 3. The van der Waals surface area contributed by atoms with Crippen molar-refractivity contribution in [1.82, 2.24) is 10.2 Å². The second-order valence-corrected chi connectivity index (χ2v) is 11.7. The molecular formula is C31H32BrN3O7. The maximum atomic E-state index is 13.6. The van der Waals surface area contributed by atoms with E-state index >= 15 is 0 Å². The number of hydrogen-bond donors (Lipinski definition) is 3. The van der Waals surface area contributed by atoms with Crippen LogP contribution in [0.3, 0.4) is 0 Å². The highest BCUT2D eigenvalue weighted by Crippen LogP contribution is 2.31. The van der Waals surface area contributed by atoms with E-state index in [1.807, 2.05) is 0 Å². The summed E-state index contributed by atoms with van der Waals surface area (Å²) in [5.41, 5.74) is 1.71. The molecule has 1 saturated heterocycles. The normalized spacial score (nSPS) is 14.7. The number of anilines is 1. The Morgan fingerprint density at radius 2 is 1.71 bits per heavy atom. The number of carbonyl (C=O) groups is 4. The first-order valence-corrected chi connectivity index (χ1v) is 14.1. The molecule has 0 aromatic heterocycles. The third-order valence-electron chi connectivity index (χ3n) is 6.47. The molecule has 0 radical (unpaired) electrons. The van der Waals surface area contributed by atoms with E-state index in [0.29, 0.717) is 51.1 Å². The molecule has 3 amide bonds. The number of rotatable bonds is 7. The largest absolute Gasteiger partial charge is 0.488 e. The molecule has 3 aromatic carbocycles. The average Bonchev–Trinajstić information content (AvgIpc) is 3.40. The fourth-order valence-electron chi connectivity index (χ4n) is 4.53. The Hall–Kier alpha value is -4.38. The van der Waals surface area contributed by atoms with Crippen molar-refractivity contribution in [1.29, 1.82) is 0 Å². The summed E-state index contributed by atoms with van der Waals surface area (Å²) in [6, 6.07) is 16.5. The van der Waals surface area contributed by atoms with Crippen LogP contribution in [-0.4, -0.2) is 65.7 Å². The molecule has 1 heterocycles. The van der Waals surface area contributed by atoms with Crippen LogP contribution in [0.2, 0.25) is 0 Å². The van der Waals surface area contributed by atoms with Crippen LogP contribution >= 0.6 is 15.9 Å². The van der Waals surface area contributed by atoms with Gasteiger partial charge in [0.05, 0.1) is 28.9 Å². The van der Waals surface area contributed by atoms with E-state index in [2.05, 4.69) is 26.6 Å². The SMILES string of the molecule is CNC(=O)c1ccc(-c2cccc(C(=O)O)c2)cc1OC1CCN(C(=O)c2cc(Br)ccc2NC(=O)OC(C)(C)C)C1. The van der Waals surface area contributed by atoms with Crippen molar-refractivity contribution < 1.29 is 33.8 Å². The van der Waals surface area contributed by atoms with Gasteiger partial charge in [0.15, 0.2) is 0 Å². The highest BCUT2D eigenvalue weighted by molar-refractivity contribution is 9.10. The molecule has 1 aliphatic heterocycles. The summed E-state index contributed by atoms with van der Waals surface area (Å²) < 4.78 is 12.3. The van der Waals surface area contributed by atoms with E-state index in [-0.39, 0.29) is 23.9 Å². The van der Waals surface area contributed by atoms with Gasteiger partial charge < -0.3 is 24.8 Å². The molecule has 0 bridgehead atoms. The molecule has 0 aliphatic carbocycles. The van der Waals surface area contributed by atoms with Crippen LogP contribution in [0.4, 0.5) is 10.5 Å². The molecule has 3 N–H and O–H groups in total. The lowest BCUT2D eigenvalue weighted by atomic mass is 10.0. The maximum absolute atomic E-state index is 13.6. The number of likely N-dealkylation sites (tertiary alicyclic amines) is 1. The molecule has 42 heavy (non-hydrogen) atoms. The molecule has 11 heteroatoms. The number of hydrogen-bond acceptors (Lipinski definition) is 6. The molecule has 10 nitrogen and oxygen atoms in total. The number of aromatic carboxylic acids is 1. The van der Waals surface area contributed by atoms with Crippen molar-refractivity contribution in [3.05, 3.63) is 81.8 Å². The van der Waals surface area contributed by atoms with Crippen LogP contribution in [-0.2, 0) is 4.74 Å². The molecule has 3 aromatic rings. The van der Waals surface area contributed by atoms with Crippen LogP contribution in [0.15, 0.2) is 65.1 Å². The summed E-state index contributed by atoms with van der Waals surface area (Å²) in [5.74, 6) is -1.35. The van der Waals surface area contributed by atoms with Gasteiger partial charge in [-0.1, -0.05) is 34.1 Å². The highest BCUT2D eigenvalue weighted by Gasteiger charge is 2.31. The topological polar surface area (TPSA) is 134 Å².